The maximum absolute atomic E-state index is 5.85. The Kier molecular flexibility index (Phi) is 3.19. The van der Waals surface area contributed by atoms with Gasteiger partial charge in [-0.25, -0.2) is 0 Å². The monoisotopic (exact) mass is 338 g/mol. The molecule has 0 aliphatic heterocycles. The number of halogens is 2. The highest BCUT2D eigenvalue weighted by Gasteiger charge is 2.11. The fourth-order valence-corrected chi connectivity index (χ4v) is 3.46. The van der Waals surface area contributed by atoms with Crippen LogP contribution >= 0.6 is 45.5 Å². The van der Waals surface area contributed by atoms with E-state index in [0.29, 0.717) is 5.88 Å². The Balaban J connectivity index is 2.73. The molecule has 1 aromatic carbocycles. The maximum atomic E-state index is 5.85. The lowest BCUT2D eigenvalue weighted by atomic mass is 10.2. The zero-order chi connectivity index (χ0) is 10.1. The number of hydrogen-bond donors (Lipinski definition) is 0. The summed E-state index contributed by atoms with van der Waals surface area (Å²) in [6, 6.07) is 6.32. The van der Waals surface area contributed by atoms with Crippen LogP contribution in [0.5, 0.6) is 5.75 Å². The van der Waals surface area contributed by atoms with Crippen molar-refractivity contribution in [3.63, 3.8) is 0 Å². The molecule has 0 aliphatic carbocycles. The molecule has 4 heteroatoms. The van der Waals surface area contributed by atoms with Gasteiger partial charge in [-0.15, -0.1) is 22.9 Å². The maximum Gasteiger partial charge on any atom is 0.141 e. The van der Waals surface area contributed by atoms with Crippen LogP contribution in [0.25, 0.3) is 10.1 Å². The van der Waals surface area contributed by atoms with E-state index in [1.165, 1.54) is 8.27 Å². The minimum absolute atomic E-state index is 0.513. The van der Waals surface area contributed by atoms with E-state index in [-0.39, 0.29) is 0 Å². The fourth-order valence-electron chi connectivity index (χ4n) is 1.41. The molecule has 0 unspecified atom stereocenters. The van der Waals surface area contributed by atoms with E-state index in [1.807, 2.05) is 0 Å². The smallest absolute Gasteiger partial charge is 0.141 e. The first-order valence-electron chi connectivity index (χ1n) is 4.07. The van der Waals surface area contributed by atoms with Crippen LogP contribution in [0.2, 0.25) is 0 Å². The summed E-state index contributed by atoms with van der Waals surface area (Å²) < 4.78 is 7.83. The largest absolute Gasteiger partial charge is 0.495 e. The van der Waals surface area contributed by atoms with Gasteiger partial charge in [-0.3, -0.25) is 0 Å². The molecule has 0 spiro atoms. The van der Waals surface area contributed by atoms with Crippen molar-refractivity contribution in [1.29, 1.82) is 0 Å². The highest BCUT2D eigenvalue weighted by atomic mass is 127. The predicted molar refractivity (Wildman–Crippen MR) is 70.7 cm³/mol. The van der Waals surface area contributed by atoms with Crippen LogP contribution in [0.1, 0.15) is 4.88 Å². The molecule has 0 radical (unpaired) electrons. The van der Waals surface area contributed by atoms with Crippen molar-refractivity contribution in [3.8, 4) is 5.75 Å². The van der Waals surface area contributed by atoms with E-state index >= 15 is 0 Å². The van der Waals surface area contributed by atoms with Gasteiger partial charge in [0, 0.05) is 13.7 Å². The van der Waals surface area contributed by atoms with Crippen LogP contribution in [-0.4, -0.2) is 7.11 Å². The topological polar surface area (TPSA) is 9.23 Å². The zero-order valence-corrected chi connectivity index (χ0v) is 11.2. The van der Waals surface area contributed by atoms with E-state index in [0.717, 1.165) is 16.0 Å². The Morgan fingerprint density at radius 3 is 2.93 bits per heavy atom. The molecule has 14 heavy (non-hydrogen) atoms. The normalized spacial score (nSPS) is 10.8. The summed E-state index contributed by atoms with van der Waals surface area (Å²) in [5.41, 5.74) is 0. The molecule has 0 amide bonds. The van der Waals surface area contributed by atoms with Crippen molar-refractivity contribution >= 4 is 55.6 Å². The minimum Gasteiger partial charge on any atom is -0.495 e. The second kappa shape index (κ2) is 4.24. The summed E-state index contributed by atoms with van der Waals surface area (Å²) >= 11 is 9.86. The summed E-state index contributed by atoms with van der Waals surface area (Å²) in [4.78, 5) is 1.10. The van der Waals surface area contributed by atoms with Crippen molar-refractivity contribution in [3.05, 3.63) is 26.6 Å². The molecule has 0 bridgehead atoms. The summed E-state index contributed by atoms with van der Waals surface area (Å²) in [5, 5.41) is 1.16. The molecule has 0 saturated heterocycles. The molecule has 1 nitrogen and oxygen atoms in total. The Morgan fingerprint density at radius 1 is 1.50 bits per heavy atom. The van der Waals surface area contributed by atoms with E-state index in [4.69, 9.17) is 16.3 Å². The highest BCUT2D eigenvalue weighted by Crippen LogP contribution is 2.38. The molecule has 1 heterocycles. The van der Waals surface area contributed by atoms with Crippen LogP contribution in [0, 0.1) is 3.57 Å². The Bertz CT molecular complexity index is 466. The van der Waals surface area contributed by atoms with Gasteiger partial charge in [0.15, 0.2) is 0 Å². The number of benzene rings is 1. The summed E-state index contributed by atoms with van der Waals surface area (Å²) in [7, 11) is 1.69. The Morgan fingerprint density at radius 2 is 2.29 bits per heavy atom. The second-order valence-electron chi connectivity index (χ2n) is 2.83. The van der Waals surface area contributed by atoms with Gasteiger partial charge < -0.3 is 4.74 Å². The second-order valence-corrected chi connectivity index (χ2v) is 5.48. The standard InChI is InChI=1S/C10H8ClIOS/c1-13-10-7-3-2-6(12)4-8(7)14-9(10)5-11/h2-4H,5H2,1H3. The molecule has 0 atom stereocenters. The zero-order valence-electron chi connectivity index (χ0n) is 7.51. The summed E-state index contributed by atoms with van der Waals surface area (Å²) in [6.45, 7) is 0. The van der Waals surface area contributed by atoms with Gasteiger partial charge in [0.25, 0.3) is 0 Å². The number of fused-ring (bicyclic) bond motifs is 1. The first kappa shape index (κ1) is 10.5. The van der Waals surface area contributed by atoms with Crippen LogP contribution in [0.4, 0.5) is 0 Å². The number of thiophene rings is 1. The van der Waals surface area contributed by atoms with E-state index in [2.05, 4.69) is 40.8 Å². The Hall–Kier alpha value is -0.000000000000000111. The van der Waals surface area contributed by atoms with Crippen molar-refractivity contribution < 1.29 is 4.74 Å². The average molecular weight is 339 g/mol. The third-order valence-corrected chi connectivity index (χ3v) is 4.23. The lowest BCUT2D eigenvalue weighted by Crippen LogP contribution is -1.83. The van der Waals surface area contributed by atoms with Crippen molar-refractivity contribution in [1.82, 2.24) is 0 Å². The molecule has 74 valence electrons. The first-order chi connectivity index (χ1) is 6.76. The molecular formula is C10H8ClIOS. The number of hydrogen-bond acceptors (Lipinski definition) is 2. The third-order valence-electron chi connectivity index (χ3n) is 2.00. The van der Waals surface area contributed by atoms with Crippen molar-refractivity contribution in [2.45, 2.75) is 5.88 Å². The van der Waals surface area contributed by atoms with Crippen LogP contribution < -0.4 is 4.74 Å². The van der Waals surface area contributed by atoms with Crippen molar-refractivity contribution in [2.75, 3.05) is 7.11 Å². The average Bonchev–Trinajstić information content (AvgIpc) is 2.54. The molecular weight excluding hydrogens is 331 g/mol. The quantitative estimate of drug-likeness (QED) is 0.587. The van der Waals surface area contributed by atoms with E-state index in [1.54, 1.807) is 18.4 Å². The molecule has 0 aliphatic rings. The molecule has 1 aromatic heterocycles. The minimum atomic E-state index is 0.513. The lowest BCUT2D eigenvalue weighted by Gasteiger charge is -1.99. The Labute approximate surface area is 105 Å². The lowest BCUT2D eigenvalue weighted by molar-refractivity contribution is 0.418. The van der Waals surface area contributed by atoms with E-state index < -0.39 is 0 Å². The SMILES string of the molecule is COc1c(CCl)sc2cc(I)ccc12. The number of methoxy groups -OCH3 is 1. The van der Waals surface area contributed by atoms with Gasteiger partial charge in [0.2, 0.25) is 0 Å². The molecule has 2 rings (SSSR count). The van der Waals surface area contributed by atoms with Crippen molar-refractivity contribution in [2.24, 2.45) is 0 Å². The van der Waals surface area contributed by atoms with Gasteiger partial charge in [0.1, 0.15) is 5.75 Å². The summed E-state index contributed by atoms with van der Waals surface area (Å²) in [5.74, 6) is 1.44. The van der Waals surface area contributed by atoms with Crippen LogP contribution in [0.3, 0.4) is 0 Å². The van der Waals surface area contributed by atoms with Gasteiger partial charge >= 0.3 is 0 Å². The molecule has 2 aromatic rings. The highest BCUT2D eigenvalue weighted by molar-refractivity contribution is 14.1. The van der Waals surface area contributed by atoms with Gasteiger partial charge in [0.05, 0.1) is 17.9 Å². The molecule has 0 saturated carbocycles. The number of alkyl halides is 1. The van der Waals surface area contributed by atoms with Gasteiger partial charge in [-0.05, 0) is 40.8 Å². The van der Waals surface area contributed by atoms with Gasteiger partial charge in [-0.1, -0.05) is 0 Å². The molecule has 0 fully saturated rings. The number of rotatable bonds is 2. The fraction of sp³-hybridized carbons (Fsp3) is 0.200. The van der Waals surface area contributed by atoms with Gasteiger partial charge in [-0.2, -0.15) is 0 Å². The third kappa shape index (κ3) is 1.73. The van der Waals surface area contributed by atoms with E-state index in [9.17, 15) is 0 Å². The summed E-state index contributed by atoms with van der Waals surface area (Å²) in [6.07, 6.45) is 0. The first-order valence-corrected chi connectivity index (χ1v) is 6.50. The van der Waals surface area contributed by atoms with Crippen LogP contribution in [0.15, 0.2) is 18.2 Å². The van der Waals surface area contributed by atoms with Crippen LogP contribution in [-0.2, 0) is 5.88 Å². The predicted octanol–water partition coefficient (Wildman–Crippen LogP) is 4.25. The number of ether oxygens (including phenoxy) is 1. The molecule has 0 N–H and O–H groups in total.